The van der Waals surface area contributed by atoms with Crippen molar-refractivity contribution < 1.29 is 28.6 Å². The van der Waals surface area contributed by atoms with E-state index in [1.165, 1.54) is 57.8 Å². The van der Waals surface area contributed by atoms with Crippen LogP contribution in [-0.2, 0) is 28.6 Å². The van der Waals surface area contributed by atoms with Gasteiger partial charge in [-0.25, -0.2) is 0 Å². The van der Waals surface area contributed by atoms with E-state index in [-0.39, 0.29) is 44.0 Å². The van der Waals surface area contributed by atoms with Gasteiger partial charge in [0.2, 0.25) is 0 Å². The molecule has 344 valence electrons. The third-order valence-electron chi connectivity index (χ3n) is 9.88. The lowest BCUT2D eigenvalue weighted by molar-refractivity contribution is -0.166. The van der Waals surface area contributed by atoms with Gasteiger partial charge in [0.1, 0.15) is 13.2 Å². The van der Waals surface area contributed by atoms with Crippen molar-refractivity contribution in [2.45, 2.75) is 207 Å². The summed E-state index contributed by atoms with van der Waals surface area (Å²) < 4.78 is 16.7. The molecule has 1 atom stereocenters. The van der Waals surface area contributed by atoms with Crippen molar-refractivity contribution in [3.63, 3.8) is 0 Å². The smallest absolute Gasteiger partial charge is 0.306 e. The second kappa shape index (κ2) is 48.7. The Hall–Kier alpha value is -3.93. The molecule has 0 N–H and O–H groups in total. The predicted octanol–water partition coefficient (Wildman–Crippen LogP) is 16.0. The van der Waals surface area contributed by atoms with Gasteiger partial charge in [-0.3, -0.25) is 14.4 Å². The molecule has 0 aliphatic carbocycles. The van der Waals surface area contributed by atoms with E-state index in [4.69, 9.17) is 14.2 Å². The Morgan fingerprint density at radius 3 is 1.26 bits per heavy atom. The van der Waals surface area contributed by atoms with Gasteiger partial charge < -0.3 is 14.2 Å². The van der Waals surface area contributed by atoms with Crippen LogP contribution in [0.5, 0.6) is 0 Å². The summed E-state index contributed by atoms with van der Waals surface area (Å²) in [7, 11) is 0. The van der Waals surface area contributed by atoms with E-state index in [1.54, 1.807) is 0 Å². The van der Waals surface area contributed by atoms with E-state index < -0.39 is 6.10 Å². The maximum Gasteiger partial charge on any atom is 0.306 e. The molecule has 0 spiro atoms. The Morgan fingerprint density at radius 1 is 0.361 bits per heavy atom. The first-order valence-electron chi connectivity index (χ1n) is 24.4. The van der Waals surface area contributed by atoms with Crippen molar-refractivity contribution in [3.8, 4) is 0 Å². The van der Waals surface area contributed by atoms with Crippen molar-refractivity contribution in [2.24, 2.45) is 0 Å². The average molecular weight is 845 g/mol. The van der Waals surface area contributed by atoms with Crippen LogP contribution in [-0.4, -0.2) is 37.2 Å². The molecule has 0 rings (SSSR count). The summed E-state index contributed by atoms with van der Waals surface area (Å²) in [6.07, 6.45) is 65.1. The minimum atomic E-state index is -0.819. The maximum absolute atomic E-state index is 12.8. The second-order valence-electron chi connectivity index (χ2n) is 15.7. The van der Waals surface area contributed by atoms with Crippen molar-refractivity contribution in [1.82, 2.24) is 0 Å². The summed E-state index contributed by atoms with van der Waals surface area (Å²) in [5, 5.41) is 0. The fourth-order valence-corrected chi connectivity index (χ4v) is 6.27. The zero-order valence-corrected chi connectivity index (χ0v) is 39.1. The quantitative estimate of drug-likeness (QED) is 0.0200. The van der Waals surface area contributed by atoms with E-state index in [9.17, 15) is 14.4 Å². The van der Waals surface area contributed by atoms with E-state index in [0.29, 0.717) is 12.8 Å². The number of esters is 3. The van der Waals surface area contributed by atoms with Crippen LogP contribution in [0.2, 0.25) is 0 Å². The van der Waals surface area contributed by atoms with Gasteiger partial charge in [0.15, 0.2) is 6.10 Å². The Bertz CT molecular complexity index is 1290. The van der Waals surface area contributed by atoms with E-state index >= 15 is 0 Å². The Morgan fingerprint density at radius 2 is 0.754 bits per heavy atom. The number of allylic oxidation sites excluding steroid dienone is 18. The summed E-state index contributed by atoms with van der Waals surface area (Å²) >= 11 is 0. The van der Waals surface area contributed by atoms with Gasteiger partial charge in [-0.1, -0.05) is 220 Å². The zero-order valence-electron chi connectivity index (χ0n) is 39.1. The van der Waals surface area contributed by atoms with E-state index in [1.807, 2.05) is 36.5 Å². The molecular weight excluding hydrogens is 757 g/mol. The van der Waals surface area contributed by atoms with Gasteiger partial charge in [0.25, 0.3) is 0 Å². The predicted molar refractivity (Wildman–Crippen MR) is 260 cm³/mol. The molecule has 0 aliphatic rings. The molecule has 0 aliphatic heterocycles. The van der Waals surface area contributed by atoms with Crippen molar-refractivity contribution in [3.05, 3.63) is 109 Å². The molecular formula is C55H88O6. The van der Waals surface area contributed by atoms with Gasteiger partial charge in [0.05, 0.1) is 0 Å². The van der Waals surface area contributed by atoms with Gasteiger partial charge in [-0.15, -0.1) is 0 Å². The molecule has 0 aromatic heterocycles. The summed E-state index contributed by atoms with van der Waals surface area (Å²) in [4.78, 5) is 37.9. The Kier molecular flexibility index (Phi) is 45.6. The number of ether oxygens (including phenoxy) is 3. The van der Waals surface area contributed by atoms with Crippen LogP contribution in [0.25, 0.3) is 0 Å². The molecule has 0 amide bonds. The lowest BCUT2D eigenvalue weighted by Gasteiger charge is -2.18. The van der Waals surface area contributed by atoms with Crippen molar-refractivity contribution >= 4 is 17.9 Å². The SMILES string of the molecule is CC\C=C/C=C\C=C/C=C\CCCCCCCC(=O)OC(COC(=O)CC/C=C\C/C=C\C/C=C\C/C=C\C/C=C\CC)COC(=O)CCCCCCCCCCCCCC. The van der Waals surface area contributed by atoms with E-state index in [0.717, 1.165) is 96.3 Å². The Labute approximate surface area is 374 Å². The largest absolute Gasteiger partial charge is 0.462 e. The highest BCUT2D eigenvalue weighted by molar-refractivity contribution is 5.71. The lowest BCUT2D eigenvalue weighted by atomic mass is 10.0. The van der Waals surface area contributed by atoms with Crippen LogP contribution in [0.1, 0.15) is 201 Å². The zero-order chi connectivity index (χ0) is 44.4. The molecule has 0 aromatic carbocycles. The van der Waals surface area contributed by atoms with Gasteiger partial charge >= 0.3 is 17.9 Å². The fraction of sp³-hybridized carbons (Fsp3) is 0.618. The molecule has 61 heavy (non-hydrogen) atoms. The van der Waals surface area contributed by atoms with Crippen molar-refractivity contribution in [2.75, 3.05) is 13.2 Å². The molecule has 6 nitrogen and oxygen atoms in total. The van der Waals surface area contributed by atoms with Crippen LogP contribution in [0.3, 0.4) is 0 Å². The van der Waals surface area contributed by atoms with Gasteiger partial charge in [-0.2, -0.15) is 0 Å². The third-order valence-corrected chi connectivity index (χ3v) is 9.88. The van der Waals surface area contributed by atoms with Crippen LogP contribution in [0.15, 0.2) is 109 Å². The lowest BCUT2D eigenvalue weighted by Crippen LogP contribution is -2.30. The van der Waals surface area contributed by atoms with Crippen molar-refractivity contribution in [1.29, 1.82) is 0 Å². The summed E-state index contributed by atoms with van der Waals surface area (Å²) in [6, 6.07) is 0. The molecule has 1 unspecified atom stereocenters. The molecule has 0 radical (unpaired) electrons. The molecule has 0 saturated carbocycles. The first-order chi connectivity index (χ1) is 30.0. The molecule has 6 heteroatoms. The fourth-order valence-electron chi connectivity index (χ4n) is 6.27. The standard InChI is InChI=1S/C55H88O6/c1-4-7-10-13-16-19-22-25-27-29-30-33-36-39-42-45-48-54(57)60-51-52(50-59-53(56)47-44-41-38-35-32-24-21-18-15-12-9-6-3)61-55(58)49-46-43-40-37-34-31-28-26-23-20-17-14-11-8-5-2/h7-8,10-11,14,16-17,19-20,23,25-28,30,33,39,42,52H,4-6,9,12-13,15,18,21-22,24,29,31-32,34-38,40-41,43-51H2,1-3H3/b10-7-,11-8-,17-14-,19-16-,23-20-,27-25-,28-26-,33-30-,42-39-. The number of unbranched alkanes of at least 4 members (excludes halogenated alkanes) is 16. The van der Waals surface area contributed by atoms with Gasteiger partial charge in [0, 0.05) is 19.3 Å². The Balaban J connectivity index is 4.55. The highest BCUT2D eigenvalue weighted by Crippen LogP contribution is 2.14. The highest BCUT2D eigenvalue weighted by Gasteiger charge is 2.19. The minimum Gasteiger partial charge on any atom is -0.462 e. The molecule has 0 heterocycles. The monoisotopic (exact) mass is 845 g/mol. The topological polar surface area (TPSA) is 78.9 Å². The first kappa shape index (κ1) is 57.1. The number of carbonyl (C=O) groups excluding carboxylic acids is 3. The summed E-state index contributed by atoms with van der Waals surface area (Å²) in [6.45, 7) is 6.28. The van der Waals surface area contributed by atoms with Crippen LogP contribution in [0, 0.1) is 0 Å². The molecule has 0 saturated heterocycles. The minimum absolute atomic E-state index is 0.111. The first-order valence-corrected chi connectivity index (χ1v) is 24.4. The molecule has 0 bridgehead atoms. The van der Waals surface area contributed by atoms with Crippen LogP contribution in [0.4, 0.5) is 0 Å². The number of rotatable bonds is 42. The average Bonchev–Trinajstić information content (AvgIpc) is 3.26. The molecule has 0 aromatic rings. The number of hydrogen-bond acceptors (Lipinski definition) is 6. The van der Waals surface area contributed by atoms with Gasteiger partial charge in [-0.05, 0) is 70.6 Å². The summed E-state index contributed by atoms with van der Waals surface area (Å²) in [5.74, 6) is -1.03. The normalized spacial score (nSPS) is 13.0. The number of hydrogen-bond donors (Lipinski definition) is 0. The van der Waals surface area contributed by atoms with Crippen LogP contribution >= 0.6 is 0 Å². The third kappa shape index (κ3) is 47.0. The highest BCUT2D eigenvalue weighted by atomic mass is 16.6. The maximum atomic E-state index is 12.8. The van der Waals surface area contributed by atoms with Crippen LogP contribution < -0.4 is 0 Å². The number of carbonyl (C=O) groups is 3. The van der Waals surface area contributed by atoms with E-state index in [2.05, 4.69) is 93.7 Å². The molecule has 0 fully saturated rings. The second-order valence-corrected chi connectivity index (χ2v) is 15.7. The summed E-state index contributed by atoms with van der Waals surface area (Å²) in [5.41, 5.74) is 0.